The number of benzene rings is 2. The summed E-state index contributed by atoms with van der Waals surface area (Å²) in [5, 5.41) is 2.87. The highest BCUT2D eigenvalue weighted by atomic mass is 16.5. The zero-order chi connectivity index (χ0) is 21.1. The third kappa shape index (κ3) is 4.10. The van der Waals surface area contributed by atoms with Crippen molar-refractivity contribution in [3.63, 3.8) is 0 Å². The molecule has 5 nitrogen and oxygen atoms in total. The molecular formula is C25H23N3O2. The van der Waals surface area contributed by atoms with E-state index in [1.807, 2.05) is 47.9 Å². The fourth-order valence-electron chi connectivity index (χ4n) is 3.26. The van der Waals surface area contributed by atoms with Crippen LogP contribution in [0.2, 0.25) is 0 Å². The number of pyridine rings is 1. The summed E-state index contributed by atoms with van der Waals surface area (Å²) >= 11 is 0. The number of anilines is 1. The van der Waals surface area contributed by atoms with Crippen molar-refractivity contribution in [1.82, 2.24) is 9.38 Å². The Labute approximate surface area is 175 Å². The van der Waals surface area contributed by atoms with Gasteiger partial charge in [0.25, 0.3) is 0 Å². The summed E-state index contributed by atoms with van der Waals surface area (Å²) in [6, 6.07) is 19.5. The third-order valence-corrected chi connectivity index (χ3v) is 4.89. The number of amides is 1. The maximum Gasteiger partial charge on any atom is 0.248 e. The van der Waals surface area contributed by atoms with Crippen molar-refractivity contribution in [3.8, 4) is 17.0 Å². The minimum atomic E-state index is -0.211. The first-order valence-corrected chi connectivity index (χ1v) is 9.72. The SMILES string of the molecule is COc1ccc(NC(=O)/C=C/c2c(-c3ccc(C)cc3)nc3cc(C)ccn23)cc1. The van der Waals surface area contributed by atoms with E-state index in [4.69, 9.17) is 9.72 Å². The maximum absolute atomic E-state index is 12.5. The van der Waals surface area contributed by atoms with Gasteiger partial charge in [-0.15, -0.1) is 0 Å². The van der Waals surface area contributed by atoms with Crippen molar-refractivity contribution >= 4 is 23.3 Å². The summed E-state index contributed by atoms with van der Waals surface area (Å²) in [7, 11) is 1.61. The molecule has 5 heteroatoms. The molecule has 4 aromatic rings. The molecule has 0 aliphatic rings. The molecule has 0 atom stereocenters. The van der Waals surface area contributed by atoms with Gasteiger partial charge in [-0.3, -0.25) is 9.20 Å². The lowest BCUT2D eigenvalue weighted by Crippen LogP contribution is -2.07. The third-order valence-electron chi connectivity index (χ3n) is 4.89. The number of aromatic nitrogens is 2. The molecule has 0 saturated heterocycles. The zero-order valence-electron chi connectivity index (χ0n) is 17.2. The molecule has 2 aromatic heterocycles. The fourth-order valence-corrected chi connectivity index (χ4v) is 3.26. The van der Waals surface area contributed by atoms with Crippen LogP contribution in [0.3, 0.4) is 0 Å². The molecule has 1 amide bonds. The van der Waals surface area contributed by atoms with Gasteiger partial charge in [0.1, 0.15) is 11.4 Å². The number of imidazole rings is 1. The number of carbonyl (C=O) groups is 1. The second-order valence-electron chi connectivity index (χ2n) is 7.20. The predicted molar refractivity (Wildman–Crippen MR) is 121 cm³/mol. The van der Waals surface area contributed by atoms with Gasteiger partial charge in [0, 0.05) is 23.5 Å². The molecule has 0 radical (unpaired) electrons. The average Bonchev–Trinajstić information content (AvgIpc) is 3.10. The molecule has 0 fully saturated rings. The highest BCUT2D eigenvalue weighted by molar-refractivity contribution is 6.02. The number of hydrogen-bond donors (Lipinski definition) is 1. The summed E-state index contributed by atoms with van der Waals surface area (Å²) in [6.07, 6.45) is 5.32. The van der Waals surface area contributed by atoms with Crippen LogP contribution in [0, 0.1) is 13.8 Å². The van der Waals surface area contributed by atoms with Crippen LogP contribution in [0.25, 0.3) is 23.0 Å². The van der Waals surface area contributed by atoms with Gasteiger partial charge in [-0.05, 0) is 61.9 Å². The number of fused-ring (bicyclic) bond motifs is 1. The molecule has 0 aliphatic heterocycles. The van der Waals surface area contributed by atoms with E-state index in [2.05, 4.69) is 36.5 Å². The highest BCUT2D eigenvalue weighted by Crippen LogP contribution is 2.26. The Bertz CT molecular complexity index is 1220. The van der Waals surface area contributed by atoms with Crippen LogP contribution in [0.15, 0.2) is 72.9 Å². The minimum Gasteiger partial charge on any atom is -0.497 e. The Balaban J connectivity index is 1.67. The van der Waals surface area contributed by atoms with Crippen LogP contribution in [0.4, 0.5) is 5.69 Å². The zero-order valence-corrected chi connectivity index (χ0v) is 17.2. The number of methoxy groups -OCH3 is 1. The monoisotopic (exact) mass is 397 g/mol. The van der Waals surface area contributed by atoms with Gasteiger partial charge in [-0.2, -0.15) is 0 Å². The predicted octanol–water partition coefficient (Wildman–Crippen LogP) is 5.28. The van der Waals surface area contributed by atoms with Gasteiger partial charge in [0.05, 0.1) is 18.5 Å². The summed E-state index contributed by atoms with van der Waals surface area (Å²) in [4.78, 5) is 17.3. The summed E-state index contributed by atoms with van der Waals surface area (Å²) in [5.41, 5.74) is 6.59. The Hall–Kier alpha value is -3.86. The first-order chi connectivity index (χ1) is 14.5. The number of rotatable bonds is 5. The minimum absolute atomic E-state index is 0.211. The Kier molecular flexibility index (Phi) is 5.35. The van der Waals surface area contributed by atoms with Crippen LogP contribution in [0.1, 0.15) is 16.8 Å². The van der Waals surface area contributed by atoms with E-state index in [1.165, 1.54) is 11.6 Å². The molecule has 0 bridgehead atoms. The van der Waals surface area contributed by atoms with Gasteiger partial charge in [-0.25, -0.2) is 4.98 Å². The molecule has 2 aromatic carbocycles. The quantitative estimate of drug-likeness (QED) is 0.466. The van der Waals surface area contributed by atoms with Gasteiger partial charge < -0.3 is 10.1 Å². The van der Waals surface area contributed by atoms with Crippen molar-refractivity contribution in [1.29, 1.82) is 0 Å². The lowest BCUT2D eigenvalue weighted by molar-refractivity contribution is -0.111. The lowest BCUT2D eigenvalue weighted by Gasteiger charge is -2.04. The normalized spacial score (nSPS) is 11.2. The van der Waals surface area contributed by atoms with E-state index in [9.17, 15) is 4.79 Å². The number of ether oxygens (including phenoxy) is 1. The Morgan fingerprint density at radius 2 is 1.73 bits per heavy atom. The molecular weight excluding hydrogens is 374 g/mol. The molecule has 0 unspecified atom stereocenters. The Morgan fingerprint density at radius 3 is 2.43 bits per heavy atom. The van der Waals surface area contributed by atoms with Crippen LogP contribution in [0.5, 0.6) is 5.75 Å². The van der Waals surface area contributed by atoms with Gasteiger partial charge in [0.2, 0.25) is 5.91 Å². The summed E-state index contributed by atoms with van der Waals surface area (Å²) in [5.74, 6) is 0.532. The topological polar surface area (TPSA) is 55.6 Å². The van der Waals surface area contributed by atoms with E-state index in [1.54, 1.807) is 19.2 Å². The largest absolute Gasteiger partial charge is 0.497 e. The Morgan fingerprint density at radius 1 is 1.00 bits per heavy atom. The number of nitrogens with one attached hydrogen (secondary N) is 1. The molecule has 0 saturated carbocycles. The fraction of sp³-hybridized carbons (Fsp3) is 0.120. The van der Waals surface area contributed by atoms with Crippen LogP contribution >= 0.6 is 0 Å². The van der Waals surface area contributed by atoms with Crippen LogP contribution in [-0.2, 0) is 4.79 Å². The number of hydrogen-bond acceptors (Lipinski definition) is 3. The highest BCUT2D eigenvalue weighted by Gasteiger charge is 2.12. The summed E-state index contributed by atoms with van der Waals surface area (Å²) in [6.45, 7) is 4.10. The van der Waals surface area contributed by atoms with Gasteiger partial charge in [-0.1, -0.05) is 29.8 Å². The molecule has 150 valence electrons. The number of aryl methyl sites for hydroxylation is 2. The first-order valence-electron chi connectivity index (χ1n) is 9.72. The van der Waals surface area contributed by atoms with E-state index in [0.717, 1.165) is 33.9 Å². The van der Waals surface area contributed by atoms with Crippen LogP contribution < -0.4 is 10.1 Å². The number of carbonyl (C=O) groups excluding carboxylic acids is 1. The maximum atomic E-state index is 12.5. The first kappa shape index (κ1) is 19.5. The molecule has 30 heavy (non-hydrogen) atoms. The summed E-state index contributed by atoms with van der Waals surface area (Å²) < 4.78 is 7.15. The molecule has 0 spiro atoms. The molecule has 0 aliphatic carbocycles. The van der Waals surface area contributed by atoms with E-state index < -0.39 is 0 Å². The average molecular weight is 397 g/mol. The smallest absolute Gasteiger partial charge is 0.248 e. The van der Waals surface area contributed by atoms with Crippen molar-refractivity contribution in [3.05, 3.63) is 89.8 Å². The van der Waals surface area contributed by atoms with Gasteiger partial charge in [0.15, 0.2) is 0 Å². The van der Waals surface area contributed by atoms with E-state index in [0.29, 0.717) is 5.69 Å². The van der Waals surface area contributed by atoms with Gasteiger partial charge >= 0.3 is 0 Å². The number of nitrogens with zero attached hydrogens (tertiary/aromatic N) is 2. The lowest BCUT2D eigenvalue weighted by atomic mass is 10.1. The second-order valence-corrected chi connectivity index (χ2v) is 7.20. The molecule has 2 heterocycles. The van der Waals surface area contributed by atoms with Crippen molar-refractivity contribution in [2.24, 2.45) is 0 Å². The standard InChI is InChI=1S/C25H23N3O2/c1-17-4-6-19(7-5-17)25-22(28-15-14-18(2)16-23(28)27-25)12-13-24(29)26-20-8-10-21(30-3)11-9-20/h4-16H,1-3H3,(H,26,29)/b13-12+. The van der Waals surface area contributed by atoms with E-state index in [-0.39, 0.29) is 5.91 Å². The van der Waals surface area contributed by atoms with E-state index >= 15 is 0 Å². The van der Waals surface area contributed by atoms with Crippen molar-refractivity contribution in [2.75, 3.05) is 12.4 Å². The van der Waals surface area contributed by atoms with Crippen molar-refractivity contribution < 1.29 is 9.53 Å². The molecule has 1 N–H and O–H groups in total. The van der Waals surface area contributed by atoms with Crippen LogP contribution in [-0.4, -0.2) is 22.4 Å². The molecule has 4 rings (SSSR count). The van der Waals surface area contributed by atoms with Crippen molar-refractivity contribution in [2.45, 2.75) is 13.8 Å². The second kappa shape index (κ2) is 8.25.